The normalized spacial score (nSPS) is 14.9. The summed E-state index contributed by atoms with van der Waals surface area (Å²) in [6.45, 7) is 2.49. The van der Waals surface area contributed by atoms with Crippen LogP contribution in [-0.2, 0) is 16.6 Å². The minimum atomic E-state index is -3.55. The van der Waals surface area contributed by atoms with Crippen molar-refractivity contribution in [2.24, 2.45) is 5.92 Å². The highest BCUT2D eigenvalue weighted by molar-refractivity contribution is 7.89. The van der Waals surface area contributed by atoms with Crippen LogP contribution in [0.3, 0.4) is 0 Å². The molecule has 1 atom stereocenters. The Balaban J connectivity index is 1.46. The van der Waals surface area contributed by atoms with Crippen LogP contribution in [0.4, 0.5) is 10.1 Å². The van der Waals surface area contributed by atoms with E-state index in [0.29, 0.717) is 43.9 Å². The van der Waals surface area contributed by atoms with Crippen molar-refractivity contribution in [1.29, 1.82) is 0 Å². The van der Waals surface area contributed by atoms with Crippen LogP contribution in [0.5, 0.6) is 5.75 Å². The van der Waals surface area contributed by atoms with E-state index in [4.69, 9.17) is 10.5 Å². The number of H-pyrrole nitrogens is 1. The Hall–Kier alpha value is -2.66. The van der Waals surface area contributed by atoms with Crippen LogP contribution in [0.25, 0.3) is 0 Å². The lowest BCUT2D eigenvalue weighted by atomic mass is 10.1. The summed E-state index contributed by atoms with van der Waals surface area (Å²) >= 11 is 0. The zero-order valence-corrected chi connectivity index (χ0v) is 18.8. The molecule has 0 radical (unpaired) electrons. The SMILES string of the molecule is C[C@@H](NS(=O)(=O)CCCCCn1cc(N)c(=O)[nH]c1=O)c1ccc(F)c(OCC2CC2)c1. The third-order valence-electron chi connectivity index (χ3n) is 5.33. The van der Waals surface area contributed by atoms with Crippen molar-refractivity contribution in [3.05, 3.63) is 56.6 Å². The van der Waals surface area contributed by atoms with Gasteiger partial charge in [0, 0.05) is 18.8 Å². The van der Waals surface area contributed by atoms with Crippen LogP contribution in [0.1, 0.15) is 50.6 Å². The van der Waals surface area contributed by atoms with Gasteiger partial charge in [-0.05, 0) is 56.2 Å². The van der Waals surface area contributed by atoms with Crippen molar-refractivity contribution in [3.8, 4) is 5.75 Å². The number of rotatable bonds is 12. The number of aromatic amines is 1. The fourth-order valence-corrected chi connectivity index (χ4v) is 4.61. The Bertz CT molecular complexity index is 1160. The summed E-state index contributed by atoms with van der Waals surface area (Å²) in [6.07, 6.45) is 4.98. The lowest BCUT2D eigenvalue weighted by molar-refractivity contribution is 0.285. The number of hydrogen-bond acceptors (Lipinski definition) is 6. The number of unbranched alkanes of at least 4 members (excludes halogenated alkanes) is 2. The molecule has 176 valence electrons. The first-order valence-electron chi connectivity index (χ1n) is 10.7. The van der Waals surface area contributed by atoms with E-state index in [1.165, 1.54) is 16.8 Å². The minimum absolute atomic E-state index is 0.0488. The highest BCUT2D eigenvalue weighted by atomic mass is 32.2. The third kappa shape index (κ3) is 6.92. The zero-order chi connectivity index (χ0) is 23.3. The molecule has 0 aliphatic heterocycles. The smallest absolute Gasteiger partial charge is 0.328 e. The number of nitrogens with one attached hydrogen (secondary N) is 2. The van der Waals surface area contributed by atoms with Gasteiger partial charge in [-0.3, -0.25) is 14.3 Å². The number of nitrogen functional groups attached to an aromatic ring is 1. The first-order chi connectivity index (χ1) is 15.1. The largest absolute Gasteiger partial charge is 0.490 e. The average Bonchev–Trinajstić information content (AvgIpc) is 3.54. The molecular formula is C21H29FN4O5S. The summed E-state index contributed by atoms with van der Waals surface area (Å²) < 4.78 is 48.3. The van der Waals surface area contributed by atoms with Gasteiger partial charge in [-0.2, -0.15) is 0 Å². The number of halogens is 1. The van der Waals surface area contributed by atoms with Crippen molar-refractivity contribution in [2.75, 3.05) is 18.1 Å². The maximum atomic E-state index is 14.0. The third-order valence-corrected chi connectivity index (χ3v) is 6.87. The second kappa shape index (κ2) is 10.3. The molecule has 0 bridgehead atoms. The summed E-state index contributed by atoms with van der Waals surface area (Å²) in [5.74, 6) is 0.0761. The quantitative estimate of drug-likeness (QED) is 0.407. The molecule has 2 aromatic rings. The van der Waals surface area contributed by atoms with E-state index in [0.717, 1.165) is 12.8 Å². The highest BCUT2D eigenvalue weighted by Gasteiger charge is 2.23. The molecule has 11 heteroatoms. The van der Waals surface area contributed by atoms with E-state index >= 15 is 0 Å². The first kappa shape index (κ1) is 24.0. The molecule has 0 saturated heterocycles. The molecule has 32 heavy (non-hydrogen) atoms. The van der Waals surface area contributed by atoms with Gasteiger partial charge in [0.25, 0.3) is 5.56 Å². The zero-order valence-electron chi connectivity index (χ0n) is 18.0. The molecule has 1 fully saturated rings. The maximum Gasteiger partial charge on any atom is 0.328 e. The average molecular weight is 469 g/mol. The number of benzene rings is 1. The molecule has 0 amide bonds. The first-order valence-corrected chi connectivity index (χ1v) is 12.3. The molecule has 1 aromatic carbocycles. The number of nitrogens with two attached hydrogens (primary N) is 1. The van der Waals surface area contributed by atoms with Crippen molar-refractivity contribution in [3.63, 3.8) is 0 Å². The standard InChI is InChI=1S/C21H29FN4O5S/c1-14(16-7-8-17(22)19(11-16)31-13-15-5-6-15)25-32(29,30)10-4-2-3-9-26-12-18(23)20(27)24-21(26)28/h7-8,11-12,14-15,25H,2-6,9-10,13,23H2,1H3,(H,24,27,28)/t14-/m1/s1. The van der Waals surface area contributed by atoms with E-state index < -0.39 is 33.1 Å². The van der Waals surface area contributed by atoms with Gasteiger partial charge in [-0.15, -0.1) is 0 Å². The minimum Gasteiger partial charge on any atom is -0.490 e. The van der Waals surface area contributed by atoms with E-state index in [-0.39, 0.29) is 17.2 Å². The number of anilines is 1. The number of hydrogen-bond donors (Lipinski definition) is 3. The number of nitrogens with zero attached hydrogens (tertiary/aromatic N) is 1. The molecule has 1 heterocycles. The summed E-state index contributed by atoms with van der Waals surface area (Å²) in [4.78, 5) is 25.1. The summed E-state index contributed by atoms with van der Waals surface area (Å²) in [5.41, 5.74) is 4.90. The number of aromatic nitrogens is 2. The Morgan fingerprint density at radius 3 is 2.75 bits per heavy atom. The summed E-state index contributed by atoms with van der Waals surface area (Å²) in [5, 5.41) is 0. The Labute approximate surface area is 185 Å². The van der Waals surface area contributed by atoms with E-state index in [9.17, 15) is 22.4 Å². The van der Waals surface area contributed by atoms with Crippen molar-refractivity contribution >= 4 is 15.7 Å². The van der Waals surface area contributed by atoms with Gasteiger partial charge in [-0.1, -0.05) is 12.5 Å². The van der Waals surface area contributed by atoms with Gasteiger partial charge < -0.3 is 10.5 Å². The molecular weight excluding hydrogens is 439 g/mol. The molecule has 1 saturated carbocycles. The van der Waals surface area contributed by atoms with Crippen molar-refractivity contribution < 1.29 is 17.5 Å². The highest BCUT2D eigenvalue weighted by Crippen LogP contribution is 2.31. The van der Waals surface area contributed by atoms with Gasteiger partial charge in [-0.25, -0.2) is 22.3 Å². The molecule has 0 unspecified atom stereocenters. The van der Waals surface area contributed by atoms with E-state index in [1.54, 1.807) is 19.1 Å². The summed E-state index contributed by atoms with van der Waals surface area (Å²) in [6, 6.07) is 3.83. The lowest BCUT2D eigenvalue weighted by Crippen LogP contribution is -2.31. The predicted molar refractivity (Wildman–Crippen MR) is 120 cm³/mol. The predicted octanol–water partition coefficient (Wildman–Crippen LogP) is 1.90. The van der Waals surface area contributed by atoms with Crippen LogP contribution in [0, 0.1) is 11.7 Å². The maximum absolute atomic E-state index is 14.0. The molecule has 1 aliphatic rings. The molecule has 4 N–H and O–H groups in total. The molecule has 9 nitrogen and oxygen atoms in total. The van der Waals surface area contributed by atoms with Gasteiger partial charge in [0.05, 0.1) is 12.4 Å². The number of ether oxygens (including phenoxy) is 1. The fraction of sp³-hybridized carbons (Fsp3) is 0.524. The van der Waals surface area contributed by atoms with Gasteiger partial charge in [0.2, 0.25) is 10.0 Å². The second-order valence-electron chi connectivity index (χ2n) is 8.20. The molecule has 0 spiro atoms. The number of sulfonamides is 1. The van der Waals surface area contributed by atoms with Crippen LogP contribution in [-0.4, -0.2) is 30.3 Å². The lowest BCUT2D eigenvalue weighted by Gasteiger charge is -2.16. The van der Waals surface area contributed by atoms with Crippen LogP contribution in [0.15, 0.2) is 34.0 Å². The molecule has 1 aromatic heterocycles. The molecule has 3 rings (SSSR count). The van der Waals surface area contributed by atoms with Crippen LogP contribution < -0.4 is 26.4 Å². The Morgan fingerprint density at radius 1 is 1.28 bits per heavy atom. The van der Waals surface area contributed by atoms with Crippen molar-refractivity contribution in [1.82, 2.24) is 14.3 Å². The van der Waals surface area contributed by atoms with Gasteiger partial charge >= 0.3 is 5.69 Å². The fourth-order valence-electron chi connectivity index (χ4n) is 3.23. The van der Waals surface area contributed by atoms with Crippen LogP contribution in [0.2, 0.25) is 0 Å². The molecule has 1 aliphatic carbocycles. The Morgan fingerprint density at radius 2 is 2.03 bits per heavy atom. The topological polar surface area (TPSA) is 136 Å². The summed E-state index contributed by atoms with van der Waals surface area (Å²) in [7, 11) is -3.55. The van der Waals surface area contributed by atoms with Gasteiger partial charge in [0.15, 0.2) is 11.6 Å². The number of aryl methyl sites for hydroxylation is 1. The van der Waals surface area contributed by atoms with E-state index in [1.807, 2.05) is 0 Å². The van der Waals surface area contributed by atoms with Gasteiger partial charge in [0.1, 0.15) is 5.69 Å². The van der Waals surface area contributed by atoms with Crippen LogP contribution >= 0.6 is 0 Å². The van der Waals surface area contributed by atoms with E-state index in [2.05, 4.69) is 9.71 Å². The second-order valence-corrected chi connectivity index (χ2v) is 10.1. The Kier molecular flexibility index (Phi) is 7.73. The van der Waals surface area contributed by atoms with Crippen molar-refractivity contribution in [2.45, 2.75) is 51.6 Å². The monoisotopic (exact) mass is 468 g/mol.